The van der Waals surface area contributed by atoms with Crippen molar-refractivity contribution in [2.24, 2.45) is 59.2 Å². The Morgan fingerprint density at radius 2 is 1.04 bits per heavy atom. The highest BCUT2D eigenvalue weighted by atomic mass is 15.1. The SMILES string of the molecule is B1c2c(-c3cc4ccccc4cc3Nc3ccc(-c4ccccc4)cc3)cc(N(c3ccccc3)c3ccccc3)cc2-n2c3ccc(C45CC6CC7CC(C4)C5C76)cc3c3cc(C45CC6CC7CC(C4)C5C76)cc1c32. The normalized spacial score (nSPS) is 30.7. The van der Waals surface area contributed by atoms with Gasteiger partial charge >= 0.3 is 0 Å². The molecule has 8 saturated carbocycles. The number of fused-ring (bicyclic) bond motifs is 6. The second kappa shape index (κ2) is 14.8. The van der Waals surface area contributed by atoms with Crippen LogP contribution in [-0.2, 0) is 10.8 Å². The number of aromatic nitrogens is 1. The van der Waals surface area contributed by atoms with E-state index in [4.69, 9.17) is 0 Å². The average Bonchev–Trinajstić information content (AvgIpc) is 4.17. The highest BCUT2D eigenvalue weighted by Crippen LogP contribution is 2.79. The van der Waals surface area contributed by atoms with Crippen molar-refractivity contribution in [3.8, 4) is 27.9 Å². The van der Waals surface area contributed by atoms with Gasteiger partial charge in [0, 0.05) is 56.0 Å². The van der Waals surface area contributed by atoms with Gasteiger partial charge in [0.15, 0.2) is 7.28 Å². The minimum absolute atomic E-state index is 0.343. The van der Waals surface area contributed by atoms with Gasteiger partial charge in [-0.25, -0.2) is 0 Å². The zero-order valence-corrected chi connectivity index (χ0v) is 43.0. The smallest absolute Gasteiger partial charge is 0.198 e. The molecule has 2 heterocycles. The molecule has 12 unspecified atom stereocenters. The number of nitrogens with one attached hydrogen (secondary N) is 1. The van der Waals surface area contributed by atoms with Crippen LogP contribution in [0.5, 0.6) is 0 Å². The molecule has 3 nitrogen and oxygen atoms in total. The third-order valence-corrected chi connectivity index (χ3v) is 22.9. The van der Waals surface area contributed by atoms with E-state index < -0.39 is 0 Å². The Morgan fingerprint density at radius 3 is 1.72 bits per heavy atom. The molecular weight excluding hydrogens is 918 g/mol. The highest BCUT2D eigenvalue weighted by Gasteiger charge is 2.74. The van der Waals surface area contributed by atoms with E-state index in [9.17, 15) is 0 Å². The molecular formula is C72H60BN3. The molecule has 0 bridgehead atoms. The molecule has 0 spiro atoms. The second-order valence-corrected chi connectivity index (χ2v) is 25.9. The summed E-state index contributed by atoms with van der Waals surface area (Å²) >= 11 is 0. The first kappa shape index (κ1) is 41.9. The van der Waals surface area contributed by atoms with Gasteiger partial charge in [0.25, 0.3) is 0 Å². The lowest BCUT2D eigenvalue weighted by Gasteiger charge is -2.51. The van der Waals surface area contributed by atoms with Crippen LogP contribution >= 0.6 is 0 Å². The molecule has 8 aliphatic carbocycles. The maximum Gasteiger partial charge on any atom is 0.198 e. The Balaban J connectivity index is 0.865. The van der Waals surface area contributed by atoms with Gasteiger partial charge < -0.3 is 14.8 Å². The predicted molar refractivity (Wildman–Crippen MR) is 315 cm³/mol. The van der Waals surface area contributed by atoms with Crippen LogP contribution in [-0.4, -0.2) is 11.8 Å². The summed E-state index contributed by atoms with van der Waals surface area (Å²) in [5.41, 5.74) is 21.8. The van der Waals surface area contributed by atoms with E-state index in [1.807, 2.05) is 0 Å². The van der Waals surface area contributed by atoms with Crippen LogP contribution in [0.15, 0.2) is 194 Å². The number of rotatable bonds is 9. The molecule has 1 N–H and O–H groups in total. The fourth-order valence-corrected chi connectivity index (χ4v) is 20.3. The number of hydrogen-bond donors (Lipinski definition) is 1. The van der Waals surface area contributed by atoms with E-state index in [0.29, 0.717) is 10.8 Å². The molecule has 4 heteroatoms. The first-order valence-electron chi connectivity index (χ1n) is 29.2. The topological polar surface area (TPSA) is 20.2 Å². The minimum atomic E-state index is 0.343. The fourth-order valence-electron chi connectivity index (χ4n) is 20.3. The molecule has 1 aliphatic heterocycles. The Morgan fingerprint density at radius 1 is 0.461 bits per heavy atom. The van der Waals surface area contributed by atoms with Gasteiger partial charge in [0.05, 0.1) is 5.52 Å². The maximum absolute atomic E-state index is 4.05. The van der Waals surface area contributed by atoms with Crippen molar-refractivity contribution >= 4 is 79.2 Å². The lowest BCUT2D eigenvalue weighted by Crippen LogP contribution is -2.48. The number of hydrogen-bond acceptors (Lipinski definition) is 2. The van der Waals surface area contributed by atoms with Crippen LogP contribution in [0.3, 0.4) is 0 Å². The zero-order valence-electron chi connectivity index (χ0n) is 43.0. The zero-order chi connectivity index (χ0) is 49.2. The molecule has 12 atom stereocenters. The Bertz CT molecular complexity index is 4070. The second-order valence-electron chi connectivity index (χ2n) is 25.9. The van der Waals surface area contributed by atoms with Crippen molar-refractivity contribution in [1.29, 1.82) is 0 Å². The summed E-state index contributed by atoms with van der Waals surface area (Å²) in [7, 11) is 0.894. The molecule has 76 heavy (non-hydrogen) atoms. The van der Waals surface area contributed by atoms with Crippen LogP contribution in [0.1, 0.15) is 62.5 Å². The predicted octanol–water partition coefficient (Wildman–Crippen LogP) is 16.1. The van der Waals surface area contributed by atoms with Crippen molar-refractivity contribution in [3.05, 3.63) is 205 Å². The van der Waals surface area contributed by atoms with Gasteiger partial charge in [-0.1, -0.05) is 121 Å². The molecule has 0 radical (unpaired) electrons. The van der Waals surface area contributed by atoms with E-state index in [1.54, 1.807) is 11.1 Å². The van der Waals surface area contributed by atoms with E-state index in [2.05, 4.69) is 209 Å². The van der Waals surface area contributed by atoms with Gasteiger partial charge in [-0.3, -0.25) is 0 Å². The van der Waals surface area contributed by atoms with E-state index in [-0.39, 0.29) is 0 Å². The van der Waals surface area contributed by atoms with Crippen molar-refractivity contribution in [1.82, 2.24) is 4.57 Å². The van der Waals surface area contributed by atoms with E-state index in [1.165, 1.54) is 123 Å². The summed E-state index contributed by atoms with van der Waals surface area (Å²) in [4.78, 5) is 2.49. The third kappa shape index (κ3) is 5.41. The molecule has 0 amide bonds. The summed E-state index contributed by atoms with van der Waals surface area (Å²) in [6.07, 6.45) is 11.7. The monoisotopic (exact) mass is 977 g/mol. The Labute approximate surface area is 446 Å². The average molecular weight is 978 g/mol. The number of benzene rings is 9. The molecule has 10 aromatic rings. The number of anilines is 5. The van der Waals surface area contributed by atoms with Crippen LogP contribution < -0.4 is 21.1 Å². The molecule has 0 saturated heterocycles. The van der Waals surface area contributed by atoms with Gasteiger partial charge in [-0.05, 0) is 244 Å². The van der Waals surface area contributed by atoms with Crippen LogP contribution in [0.4, 0.5) is 28.4 Å². The quantitative estimate of drug-likeness (QED) is 0.145. The van der Waals surface area contributed by atoms with Gasteiger partial charge in [-0.15, -0.1) is 0 Å². The van der Waals surface area contributed by atoms with Crippen molar-refractivity contribution in [2.45, 2.75) is 62.2 Å². The van der Waals surface area contributed by atoms with Crippen molar-refractivity contribution in [3.63, 3.8) is 0 Å². The number of nitrogens with zero attached hydrogens (tertiary/aromatic N) is 2. The molecule has 19 rings (SSSR count). The van der Waals surface area contributed by atoms with Crippen LogP contribution in [0.2, 0.25) is 0 Å². The lowest BCUT2D eigenvalue weighted by molar-refractivity contribution is 0.0684. The Kier molecular flexibility index (Phi) is 8.15. The summed E-state index contributed by atoms with van der Waals surface area (Å²) in [5, 5.41) is 9.55. The first-order valence-corrected chi connectivity index (χ1v) is 29.2. The molecule has 1 aromatic heterocycles. The third-order valence-electron chi connectivity index (χ3n) is 22.9. The lowest BCUT2D eigenvalue weighted by atomic mass is 9.51. The molecule has 9 aliphatic rings. The first-order chi connectivity index (χ1) is 37.5. The van der Waals surface area contributed by atoms with Gasteiger partial charge in [0.1, 0.15) is 0 Å². The van der Waals surface area contributed by atoms with Gasteiger partial charge in [0.2, 0.25) is 0 Å². The van der Waals surface area contributed by atoms with Crippen molar-refractivity contribution in [2.75, 3.05) is 10.2 Å². The summed E-state index contributed by atoms with van der Waals surface area (Å²) in [6, 6.07) is 74.4. The number of para-hydroxylation sites is 2. The maximum atomic E-state index is 4.05. The largest absolute Gasteiger partial charge is 0.355 e. The highest BCUT2D eigenvalue weighted by molar-refractivity contribution is 6.73. The van der Waals surface area contributed by atoms with Crippen molar-refractivity contribution < 1.29 is 0 Å². The standard InChI is InChI=1S/C72H60BN3/c1-4-12-41(13-5-1)42-20-23-53(24-21-42)74-62-31-44-15-11-10-14-43(44)30-57(62)59-35-56(75(54-16-6-2-7-17-54)55-18-8-3-9-19-55)36-64-69(59)73-61-34-52(72-38-48-27-46-29-50(40-72)68(72)66(46)48)33-60-58-32-51(22-25-63(58)76(64)70(60)61)71-37-47-26-45-28-49(39-71)67(71)65(45)47/h1-25,30-36,45-50,65-68,73-74H,26-29,37-40H2. The summed E-state index contributed by atoms with van der Waals surface area (Å²) in [5.74, 6) is 9.61. The molecule has 9 aromatic carbocycles. The van der Waals surface area contributed by atoms with E-state index >= 15 is 0 Å². The summed E-state index contributed by atoms with van der Waals surface area (Å²) in [6.45, 7) is 0. The molecule has 366 valence electrons. The summed E-state index contributed by atoms with van der Waals surface area (Å²) < 4.78 is 2.76. The fraction of sp³-hybridized carbons (Fsp3) is 0.278. The van der Waals surface area contributed by atoms with E-state index in [0.717, 1.165) is 94.9 Å². The van der Waals surface area contributed by atoms with Gasteiger partial charge in [-0.2, -0.15) is 0 Å². The minimum Gasteiger partial charge on any atom is -0.355 e. The molecule has 8 fully saturated rings. The van der Waals surface area contributed by atoms with Crippen LogP contribution in [0.25, 0.3) is 60.5 Å². The Hall–Kier alpha value is -7.30. The van der Waals surface area contributed by atoms with Crippen LogP contribution in [0, 0.1) is 59.2 Å².